The molecule has 2 aromatic heterocycles. The van der Waals surface area contributed by atoms with Crippen LogP contribution in [0.5, 0.6) is 0 Å². The van der Waals surface area contributed by atoms with E-state index in [1.807, 2.05) is 13.0 Å². The molecule has 19 heavy (non-hydrogen) atoms. The molecule has 0 fully saturated rings. The molecule has 6 nitrogen and oxygen atoms in total. The molecule has 0 saturated heterocycles. The van der Waals surface area contributed by atoms with E-state index >= 15 is 0 Å². The van der Waals surface area contributed by atoms with Gasteiger partial charge in [-0.15, -0.1) is 0 Å². The Kier molecular flexibility index (Phi) is 3.57. The smallest absolute Gasteiger partial charge is 0.274 e. The molecular formula is C13H13N5O. The van der Waals surface area contributed by atoms with Gasteiger partial charge in [0.1, 0.15) is 11.8 Å². The predicted molar refractivity (Wildman–Crippen MR) is 69.5 cm³/mol. The number of aryl methyl sites for hydroxylation is 2. The average Bonchev–Trinajstić information content (AvgIpc) is 2.78. The van der Waals surface area contributed by atoms with E-state index in [1.54, 1.807) is 24.0 Å². The van der Waals surface area contributed by atoms with Gasteiger partial charge in [0.25, 0.3) is 5.91 Å². The summed E-state index contributed by atoms with van der Waals surface area (Å²) in [6.45, 7) is 1.97. The Morgan fingerprint density at radius 1 is 1.53 bits per heavy atom. The van der Waals surface area contributed by atoms with Crippen LogP contribution in [-0.2, 0) is 13.5 Å². The Morgan fingerprint density at radius 3 is 2.89 bits per heavy atom. The van der Waals surface area contributed by atoms with Crippen LogP contribution in [0.2, 0.25) is 0 Å². The molecule has 0 radical (unpaired) electrons. The topological polar surface area (TPSA) is 83.6 Å². The van der Waals surface area contributed by atoms with Crippen LogP contribution in [0.1, 0.15) is 28.7 Å². The molecule has 0 aliphatic rings. The maximum absolute atomic E-state index is 12.0. The molecule has 96 valence electrons. The molecule has 0 spiro atoms. The minimum absolute atomic E-state index is 0.268. The molecule has 0 unspecified atom stereocenters. The quantitative estimate of drug-likeness (QED) is 0.900. The van der Waals surface area contributed by atoms with Crippen molar-refractivity contribution in [2.24, 2.45) is 7.05 Å². The number of nitrogens with one attached hydrogen (secondary N) is 1. The summed E-state index contributed by atoms with van der Waals surface area (Å²) in [7, 11) is 1.80. The van der Waals surface area contributed by atoms with Gasteiger partial charge in [0.05, 0.1) is 16.9 Å². The van der Waals surface area contributed by atoms with Crippen molar-refractivity contribution in [2.45, 2.75) is 13.3 Å². The van der Waals surface area contributed by atoms with Crippen LogP contribution < -0.4 is 5.32 Å². The minimum Gasteiger partial charge on any atom is -0.318 e. The third-order valence-corrected chi connectivity index (χ3v) is 2.61. The Bertz CT molecular complexity index is 636. The average molecular weight is 255 g/mol. The third kappa shape index (κ3) is 2.77. The Morgan fingerprint density at radius 2 is 2.32 bits per heavy atom. The number of aromatic nitrogens is 3. The van der Waals surface area contributed by atoms with Gasteiger partial charge in [0.2, 0.25) is 0 Å². The lowest BCUT2D eigenvalue weighted by molar-refractivity contribution is 0.102. The van der Waals surface area contributed by atoms with Gasteiger partial charge < -0.3 is 5.32 Å². The van der Waals surface area contributed by atoms with Crippen molar-refractivity contribution < 1.29 is 4.79 Å². The lowest BCUT2D eigenvalue weighted by atomic mass is 10.2. The molecule has 1 amide bonds. The van der Waals surface area contributed by atoms with Crippen LogP contribution in [0.4, 0.5) is 5.69 Å². The summed E-state index contributed by atoms with van der Waals surface area (Å²) >= 11 is 0. The number of hydrogen-bond donors (Lipinski definition) is 1. The molecule has 0 aliphatic carbocycles. The third-order valence-electron chi connectivity index (χ3n) is 2.61. The van der Waals surface area contributed by atoms with Crippen LogP contribution in [0.25, 0.3) is 0 Å². The fourth-order valence-electron chi connectivity index (χ4n) is 1.68. The van der Waals surface area contributed by atoms with E-state index in [-0.39, 0.29) is 11.6 Å². The largest absolute Gasteiger partial charge is 0.318 e. The molecule has 1 N–H and O–H groups in total. The first-order chi connectivity index (χ1) is 9.13. The van der Waals surface area contributed by atoms with Crippen molar-refractivity contribution >= 4 is 11.6 Å². The van der Waals surface area contributed by atoms with E-state index < -0.39 is 0 Å². The zero-order valence-electron chi connectivity index (χ0n) is 10.7. The van der Waals surface area contributed by atoms with Gasteiger partial charge in [0.15, 0.2) is 0 Å². The zero-order valence-corrected chi connectivity index (χ0v) is 10.7. The second kappa shape index (κ2) is 5.31. The molecule has 2 rings (SSSR count). The molecule has 0 saturated carbocycles. The van der Waals surface area contributed by atoms with Crippen LogP contribution in [0, 0.1) is 11.3 Å². The van der Waals surface area contributed by atoms with Gasteiger partial charge in [-0.05, 0) is 18.6 Å². The van der Waals surface area contributed by atoms with Crippen LogP contribution in [-0.4, -0.2) is 20.7 Å². The standard InChI is InChI=1S/C13H13N5O/c1-3-10-12(8-18(2)17-10)16-13(19)11-5-4-9(6-14)7-15-11/h4-5,7-8H,3H2,1-2H3,(H,16,19). The summed E-state index contributed by atoms with van der Waals surface area (Å²) < 4.78 is 1.65. The summed E-state index contributed by atoms with van der Waals surface area (Å²) in [5.74, 6) is -0.313. The number of carbonyl (C=O) groups is 1. The van der Waals surface area contributed by atoms with Crippen molar-refractivity contribution in [1.29, 1.82) is 5.26 Å². The number of amides is 1. The van der Waals surface area contributed by atoms with E-state index in [4.69, 9.17) is 5.26 Å². The zero-order chi connectivity index (χ0) is 13.8. The lowest BCUT2D eigenvalue weighted by Gasteiger charge is -2.03. The van der Waals surface area contributed by atoms with Crippen molar-refractivity contribution in [3.63, 3.8) is 0 Å². The van der Waals surface area contributed by atoms with Gasteiger partial charge >= 0.3 is 0 Å². The van der Waals surface area contributed by atoms with Crippen molar-refractivity contribution in [1.82, 2.24) is 14.8 Å². The summed E-state index contributed by atoms with van der Waals surface area (Å²) in [5, 5.41) is 15.7. The maximum Gasteiger partial charge on any atom is 0.274 e. The van der Waals surface area contributed by atoms with E-state index in [0.717, 1.165) is 12.1 Å². The second-order valence-corrected chi connectivity index (χ2v) is 4.01. The Balaban J connectivity index is 2.18. The highest BCUT2D eigenvalue weighted by Crippen LogP contribution is 2.14. The van der Waals surface area contributed by atoms with Gasteiger partial charge in [-0.1, -0.05) is 6.92 Å². The number of nitriles is 1. The molecule has 2 aromatic rings. The lowest BCUT2D eigenvalue weighted by Crippen LogP contribution is -2.14. The van der Waals surface area contributed by atoms with E-state index in [1.165, 1.54) is 12.3 Å². The fraction of sp³-hybridized carbons (Fsp3) is 0.231. The molecule has 0 atom stereocenters. The van der Waals surface area contributed by atoms with Crippen LogP contribution >= 0.6 is 0 Å². The Hall–Kier alpha value is -2.68. The van der Waals surface area contributed by atoms with Gasteiger partial charge in [-0.25, -0.2) is 4.98 Å². The summed E-state index contributed by atoms with van der Waals surface area (Å²) in [5.41, 5.74) is 2.20. The predicted octanol–water partition coefficient (Wildman–Crippen LogP) is 1.50. The number of nitrogens with zero attached hydrogens (tertiary/aromatic N) is 4. The Labute approximate surface area is 110 Å². The van der Waals surface area contributed by atoms with Gasteiger partial charge in [-0.2, -0.15) is 10.4 Å². The fourth-order valence-corrected chi connectivity index (χ4v) is 1.68. The first kappa shape index (κ1) is 12.8. The summed E-state index contributed by atoms with van der Waals surface area (Å²) in [4.78, 5) is 15.9. The first-order valence-corrected chi connectivity index (χ1v) is 5.84. The van der Waals surface area contributed by atoms with Crippen molar-refractivity contribution in [2.75, 3.05) is 5.32 Å². The molecule has 2 heterocycles. The number of rotatable bonds is 3. The normalized spacial score (nSPS) is 9.95. The van der Waals surface area contributed by atoms with Crippen molar-refractivity contribution in [3.8, 4) is 6.07 Å². The highest BCUT2D eigenvalue weighted by molar-refractivity contribution is 6.03. The summed E-state index contributed by atoms with van der Waals surface area (Å²) in [6.07, 6.45) is 3.86. The molecule has 0 aliphatic heterocycles. The molecule has 0 aromatic carbocycles. The highest BCUT2D eigenvalue weighted by Gasteiger charge is 2.12. The first-order valence-electron chi connectivity index (χ1n) is 5.84. The van der Waals surface area contributed by atoms with Crippen molar-refractivity contribution in [3.05, 3.63) is 41.5 Å². The number of hydrogen-bond acceptors (Lipinski definition) is 4. The highest BCUT2D eigenvalue weighted by atomic mass is 16.1. The minimum atomic E-state index is -0.313. The van der Waals surface area contributed by atoms with E-state index in [9.17, 15) is 4.79 Å². The van der Waals surface area contributed by atoms with Gasteiger partial charge in [-0.3, -0.25) is 9.48 Å². The molecular weight excluding hydrogens is 242 g/mol. The SMILES string of the molecule is CCc1nn(C)cc1NC(=O)c1ccc(C#N)cn1. The van der Waals surface area contributed by atoms with E-state index in [2.05, 4.69) is 15.4 Å². The number of carbonyl (C=O) groups excluding carboxylic acids is 1. The number of anilines is 1. The molecule has 6 heteroatoms. The maximum atomic E-state index is 12.0. The molecule has 0 bridgehead atoms. The van der Waals surface area contributed by atoms with Crippen LogP contribution in [0.15, 0.2) is 24.5 Å². The monoisotopic (exact) mass is 255 g/mol. The van der Waals surface area contributed by atoms with Crippen LogP contribution in [0.3, 0.4) is 0 Å². The van der Waals surface area contributed by atoms with Gasteiger partial charge in [0, 0.05) is 19.4 Å². The second-order valence-electron chi connectivity index (χ2n) is 4.01. The number of pyridine rings is 1. The summed E-state index contributed by atoms with van der Waals surface area (Å²) in [6, 6.07) is 5.04. The van der Waals surface area contributed by atoms with E-state index in [0.29, 0.717) is 11.3 Å².